The molecule has 0 amide bonds. The largest absolute Gasteiger partial charge is 0.573 e. The molecule has 21 heavy (non-hydrogen) atoms. The topological polar surface area (TPSA) is 101 Å². The lowest BCUT2D eigenvalue weighted by atomic mass is 10.1. The number of nitrogens with zero attached hydrogens (tertiary/aromatic N) is 2. The van der Waals surface area contributed by atoms with Crippen LogP contribution in [0.25, 0.3) is 0 Å². The summed E-state index contributed by atoms with van der Waals surface area (Å²) in [6.45, 7) is 0. The van der Waals surface area contributed by atoms with Gasteiger partial charge in [-0.3, -0.25) is 4.79 Å². The molecule has 0 aliphatic heterocycles. The summed E-state index contributed by atoms with van der Waals surface area (Å²) in [4.78, 5) is 24.3. The van der Waals surface area contributed by atoms with E-state index in [9.17, 15) is 28.1 Å². The Morgan fingerprint density at radius 2 is 2.05 bits per heavy atom. The lowest BCUT2D eigenvalue weighted by Gasteiger charge is -2.13. The van der Waals surface area contributed by atoms with Gasteiger partial charge >= 0.3 is 18.1 Å². The minimum absolute atomic E-state index is 0.476. The summed E-state index contributed by atoms with van der Waals surface area (Å²) in [6.07, 6.45) is -5.25. The first-order valence-corrected chi connectivity index (χ1v) is 5.22. The third-order valence-corrected chi connectivity index (χ3v) is 2.22. The Balaban J connectivity index is 3.41. The van der Waals surface area contributed by atoms with Gasteiger partial charge in [0.15, 0.2) is 11.9 Å². The standard InChI is InChI=1S/C10H9F3N2O6/c1-19-7(16)3-5-8(20-2)6(21-10(11,12)13)4-14-9(5)15(17)18/h4H,3H2,1-2H3. The zero-order chi connectivity index (χ0) is 16.2. The highest BCUT2D eigenvalue weighted by Gasteiger charge is 2.36. The molecule has 1 aromatic heterocycles. The summed E-state index contributed by atoms with van der Waals surface area (Å²) in [6, 6.07) is 0. The fourth-order valence-corrected chi connectivity index (χ4v) is 1.46. The van der Waals surface area contributed by atoms with Crippen LogP contribution in [0, 0.1) is 10.1 Å². The van der Waals surface area contributed by atoms with Crippen LogP contribution in [0.15, 0.2) is 6.20 Å². The molecule has 0 aliphatic carbocycles. The van der Waals surface area contributed by atoms with E-state index in [1.54, 1.807) is 0 Å². The molecule has 11 heteroatoms. The molecule has 0 saturated carbocycles. The van der Waals surface area contributed by atoms with E-state index in [4.69, 9.17) is 0 Å². The van der Waals surface area contributed by atoms with E-state index in [1.165, 1.54) is 0 Å². The van der Waals surface area contributed by atoms with Crippen LogP contribution in [0.4, 0.5) is 19.0 Å². The SMILES string of the molecule is COC(=O)Cc1c([N+](=O)[O-])ncc(OC(F)(F)F)c1OC. The van der Waals surface area contributed by atoms with Gasteiger partial charge < -0.3 is 24.3 Å². The minimum Gasteiger partial charge on any atom is -0.492 e. The van der Waals surface area contributed by atoms with Crippen LogP contribution in [0.2, 0.25) is 0 Å². The number of methoxy groups -OCH3 is 2. The van der Waals surface area contributed by atoms with Crippen molar-refractivity contribution in [2.75, 3.05) is 14.2 Å². The second-order valence-electron chi connectivity index (χ2n) is 3.52. The molecule has 0 radical (unpaired) electrons. The number of halogens is 3. The Morgan fingerprint density at radius 1 is 1.43 bits per heavy atom. The van der Waals surface area contributed by atoms with Crippen molar-refractivity contribution >= 4 is 11.8 Å². The number of aromatic nitrogens is 1. The maximum Gasteiger partial charge on any atom is 0.573 e. The van der Waals surface area contributed by atoms with Crippen molar-refractivity contribution in [3.8, 4) is 11.5 Å². The van der Waals surface area contributed by atoms with Crippen molar-refractivity contribution in [1.82, 2.24) is 4.98 Å². The van der Waals surface area contributed by atoms with Crippen LogP contribution in [-0.4, -0.2) is 36.5 Å². The van der Waals surface area contributed by atoms with Crippen molar-refractivity contribution in [1.29, 1.82) is 0 Å². The molecule has 0 saturated heterocycles. The number of carbonyl (C=O) groups excluding carboxylic acids is 1. The van der Waals surface area contributed by atoms with E-state index in [-0.39, 0.29) is 0 Å². The van der Waals surface area contributed by atoms with Crippen molar-refractivity contribution in [3.63, 3.8) is 0 Å². The van der Waals surface area contributed by atoms with Gasteiger partial charge in [-0.2, -0.15) is 0 Å². The second-order valence-corrected chi connectivity index (χ2v) is 3.52. The van der Waals surface area contributed by atoms with E-state index < -0.39 is 46.6 Å². The van der Waals surface area contributed by atoms with E-state index in [1.807, 2.05) is 0 Å². The number of esters is 1. The molecule has 0 N–H and O–H groups in total. The fraction of sp³-hybridized carbons (Fsp3) is 0.400. The molecule has 0 fully saturated rings. The van der Waals surface area contributed by atoms with Gasteiger partial charge in [-0.05, 0) is 9.91 Å². The molecule has 0 aliphatic rings. The predicted molar refractivity (Wildman–Crippen MR) is 59.8 cm³/mol. The van der Waals surface area contributed by atoms with Crippen molar-refractivity contribution in [2.45, 2.75) is 12.8 Å². The van der Waals surface area contributed by atoms with Crippen molar-refractivity contribution < 1.29 is 37.1 Å². The van der Waals surface area contributed by atoms with Crippen LogP contribution < -0.4 is 9.47 Å². The van der Waals surface area contributed by atoms with Crippen LogP contribution in [0.1, 0.15) is 5.56 Å². The molecule has 0 unspecified atom stereocenters. The van der Waals surface area contributed by atoms with Gasteiger partial charge in [-0.1, -0.05) is 0 Å². The average molecular weight is 310 g/mol. The quantitative estimate of drug-likeness (QED) is 0.462. The molecule has 0 spiro atoms. The number of pyridine rings is 1. The average Bonchev–Trinajstić information content (AvgIpc) is 2.36. The maximum atomic E-state index is 12.2. The molecular weight excluding hydrogens is 301 g/mol. The van der Waals surface area contributed by atoms with E-state index in [0.717, 1.165) is 14.2 Å². The van der Waals surface area contributed by atoms with Gasteiger partial charge in [0.05, 0.1) is 20.6 Å². The number of hydrogen-bond acceptors (Lipinski definition) is 7. The maximum absolute atomic E-state index is 12.2. The number of hydrogen-bond donors (Lipinski definition) is 0. The summed E-state index contributed by atoms with van der Waals surface area (Å²) in [5, 5.41) is 10.8. The Hall–Kier alpha value is -2.59. The Morgan fingerprint density at radius 3 is 2.48 bits per heavy atom. The molecule has 0 aromatic carbocycles. The number of alkyl halides is 3. The lowest BCUT2D eigenvalue weighted by molar-refractivity contribution is -0.390. The second kappa shape index (κ2) is 6.24. The van der Waals surface area contributed by atoms with Crippen LogP contribution in [0.5, 0.6) is 11.5 Å². The number of carbonyl (C=O) groups is 1. The Labute approximate surface area is 115 Å². The van der Waals surface area contributed by atoms with Crippen molar-refractivity contribution in [3.05, 3.63) is 21.9 Å². The van der Waals surface area contributed by atoms with E-state index in [0.29, 0.717) is 6.20 Å². The van der Waals surface area contributed by atoms with Crippen LogP contribution in [-0.2, 0) is 16.0 Å². The predicted octanol–water partition coefficient (Wildman–Crippen LogP) is 1.61. The summed E-state index contributed by atoms with van der Waals surface area (Å²) in [5.41, 5.74) is -0.476. The van der Waals surface area contributed by atoms with Gasteiger partial charge in [0.2, 0.25) is 5.75 Å². The highest BCUT2D eigenvalue weighted by Crippen LogP contribution is 2.38. The summed E-state index contributed by atoms with van der Waals surface area (Å²) in [5.74, 6) is -3.25. The van der Waals surface area contributed by atoms with Gasteiger partial charge in [0, 0.05) is 0 Å². The zero-order valence-electron chi connectivity index (χ0n) is 10.8. The molecule has 0 bridgehead atoms. The molecule has 0 atom stereocenters. The van der Waals surface area contributed by atoms with Gasteiger partial charge in [-0.25, -0.2) is 0 Å². The van der Waals surface area contributed by atoms with E-state index in [2.05, 4.69) is 19.2 Å². The van der Waals surface area contributed by atoms with Gasteiger partial charge in [-0.15, -0.1) is 13.2 Å². The van der Waals surface area contributed by atoms with E-state index >= 15 is 0 Å². The first-order chi connectivity index (χ1) is 9.69. The number of ether oxygens (including phenoxy) is 3. The molecule has 8 nitrogen and oxygen atoms in total. The van der Waals surface area contributed by atoms with Gasteiger partial charge in [0.1, 0.15) is 5.56 Å². The van der Waals surface area contributed by atoms with Gasteiger partial charge in [0.25, 0.3) is 0 Å². The first kappa shape index (κ1) is 16.5. The Kier molecular flexibility index (Phi) is 4.89. The van der Waals surface area contributed by atoms with Crippen LogP contribution in [0.3, 0.4) is 0 Å². The normalized spacial score (nSPS) is 10.9. The monoisotopic (exact) mass is 310 g/mol. The first-order valence-electron chi connectivity index (χ1n) is 5.22. The summed E-state index contributed by atoms with van der Waals surface area (Å²) >= 11 is 0. The highest BCUT2D eigenvalue weighted by atomic mass is 19.4. The fourth-order valence-electron chi connectivity index (χ4n) is 1.46. The van der Waals surface area contributed by atoms with Crippen molar-refractivity contribution in [2.24, 2.45) is 0 Å². The summed E-state index contributed by atoms with van der Waals surface area (Å²) in [7, 11) is 1.99. The third kappa shape index (κ3) is 4.19. The zero-order valence-corrected chi connectivity index (χ0v) is 10.8. The third-order valence-electron chi connectivity index (χ3n) is 2.22. The Bertz CT molecular complexity index is 560. The number of nitro groups is 1. The van der Waals surface area contributed by atoms with Crippen LogP contribution >= 0.6 is 0 Å². The minimum atomic E-state index is -5.05. The molecular formula is C10H9F3N2O6. The molecule has 1 heterocycles. The molecule has 1 aromatic rings. The molecule has 116 valence electrons. The highest BCUT2D eigenvalue weighted by molar-refractivity contribution is 5.75. The lowest BCUT2D eigenvalue weighted by Crippen LogP contribution is -2.19. The summed E-state index contributed by atoms with van der Waals surface area (Å²) < 4.78 is 49.4. The smallest absolute Gasteiger partial charge is 0.492 e. The molecule has 1 rings (SSSR count). The number of rotatable bonds is 5.